The molecule has 3 unspecified atom stereocenters. The first-order chi connectivity index (χ1) is 7.77. The van der Waals surface area contributed by atoms with E-state index in [1.807, 2.05) is 0 Å². The van der Waals surface area contributed by atoms with Crippen molar-refractivity contribution in [1.29, 1.82) is 0 Å². The van der Waals surface area contributed by atoms with Crippen LogP contribution in [0.1, 0.15) is 46.0 Å². The predicted molar refractivity (Wildman–Crippen MR) is 67.5 cm³/mol. The van der Waals surface area contributed by atoms with E-state index in [-0.39, 0.29) is 0 Å². The molecule has 94 valence electrons. The molecule has 0 spiro atoms. The van der Waals surface area contributed by atoms with Gasteiger partial charge in [-0.1, -0.05) is 20.3 Å². The number of hydrogen-bond donors (Lipinski definition) is 1. The monoisotopic (exact) mass is 225 g/mol. The van der Waals surface area contributed by atoms with Gasteiger partial charge < -0.3 is 10.1 Å². The van der Waals surface area contributed by atoms with E-state index in [2.05, 4.69) is 19.2 Å². The van der Waals surface area contributed by atoms with Gasteiger partial charge in [0, 0.05) is 19.3 Å². The molecule has 0 aromatic rings. The number of rotatable bonds is 4. The van der Waals surface area contributed by atoms with Gasteiger partial charge >= 0.3 is 0 Å². The molecule has 0 amide bonds. The van der Waals surface area contributed by atoms with Gasteiger partial charge in [-0.3, -0.25) is 0 Å². The van der Waals surface area contributed by atoms with Crippen molar-refractivity contribution in [2.24, 2.45) is 17.8 Å². The summed E-state index contributed by atoms with van der Waals surface area (Å²) in [5.74, 6) is 2.70. The van der Waals surface area contributed by atoms with Gasteiger partial charge in [-0.05, 0) is 50.0 Å². The Morgan fingerprint density at radius 1 is 1.19 bits per heavy atom. The predicted octanol–water partition coefficient (Wildman–Crippen LogP) is 2.83. The van der Waals surface area contributed by atoms with Crippen molar-refractivity contribution in [3.05, 3.63) is 0 Å². The highest BCUT2D eigenvalue weighted by atomic mass is 16.5. The minimum absolute atomic E-state index is 0.629. The summed E-state index contributed by atoms with van der Waals surface area (Å²) in [6, 6.07) is 0.629. The molecule has 16 heavy (non-hydrogen) atoms. The Labute approximate surface area is 100 Å². The van der Waals surface area contributed by atoms with Crippen LogP contribution < -0.4 is 5.32 Å². The average molecular weight is 225 g/mol. The van der Waals surface area contributed by atoms with Crippen LogP contribution in [0.5, 0.6) is 0 Å². The summed E-state index contributed by atoms with van der Waals surface area (Å²) >= 11 is 0. The minimum Gasteiger partial charge on any atom is -0.381 e. The summed E-state index contributed by atoms with van der Waals surface area (Å²) in [4.78, 5) is 0. The van der Waals surface area contributed by atoms with Gasteiger partial charge in [0.25, 0.3) is 0 Å². The summed E-state index contributed by atoms with van der Waals surface area (Å²) in [5.41, 5.74) is 0. The summed E-state index contributed by atoms with van der Waals surface area (Å²) in [5, 5.41) is 3.62. The fourth-order valence-electron chi connectivity index (χ4n) is 3.43. The van der Waals surface area contributed by atoms with E-state index >= 15 is 0 Å². The van der Waals surface area contributed by atoms with Gasteiger partial charge in [-0.15, -0.1) is 0 Å². The van der Waals surface area contributed by atoms with Crippen LogP contribution in [-0.2, 0) is 4.74 Å². The maximum absolute atomic E-state index is 5.65. The molecule has 2 heteroatoms. The van der Waals surface area contributed by atoms with Crippen LogP contribution in [0.4, 0.5) is 0 Å². The van der Waals surface area contributed by atoms with Crippen molar-refractivity contribution in [1.82, 2.24) is 5.32 Å². The Morgan fingerprint density at radius 3 is 2.75 bits per heavy atom. The summed E-state index contributed by atoms with van der Waals surface area (Å²) in [6.07, 6.45) is 7.00. The molecule has 1 aliphatic heterocycles. The van der Waals surface area contributed by atoms with Crippen LogP contribution in [0, 0.1) is 17.8 Å². The summed E-state index contributed by atoms with van der Waals surface area (Å²) < 4.78 is 5.65. The third-order valence-electron chi connectivity index (χ3n) is 4.31. The first kappa shape index (κ1) is 12.4. The topological polar surface area (TPSA) is 21.3 Å². The lowest BCUT2D eigenvalue weighted by atomic mass is 9.81. The Balaban J connectivity index is 1.82. The van der Waals surface area contributed by atoms with Crippen molar-refractivity contribution in [2.45, 2.75) is 52.0 Å². The van der Waals surface area contributed by atoms with E-state index in [4.69, 9.17) is 4.74 Å². The molecule has 1 N–H and O–H groups in total. The van der Waals surface area contributed by atoms with E-state index in [1.165, 1.54) is 38.6 Å². The Bertz CT molecular complexity index is 199. The molecule has 2 fully saturated rings. The van der Waals surface area contributed by atoms with Gasteiger partial charge in [0.15, 0.2) is 0 Å². The van der Waals surface area contributed by atoms with Crippen LogP contribution in [0.15, 0.2) is 0 Å². The van der Waals surface area contributed by atoms with Crippen molar-refractivity contribution in [2.75, 3.05) is 19.8 Å². The van der Waals surface area contributed by atoms with Crippen LogP contribution in [0.2, 0.25) is 0 Å². The number of ether oxygens (including phenoxy) is 1. The number of nitrogens with one attached hydrogen (secondary N) is 1. The van der Waals surface area contributed by atoms with Crippen LogP contribution in [-0.4, -0.2) is 25.8 Å². The maximum Gasteiger partial charge on any atom is 0.0497 e. The summed E-state index contributed by atoms with van der Waals surface area (Å²) in [6.45, 7) is 7.74. The number of hydrogen-bond acceptors (Lipinski definition) is 2. The molecule has 1 aliphatic carbocycles. The quantitative estimate of drug-likeness (QED) is 0.794. The van der Waals surface area contributed by atoms with Crippen LogP contribution >= 0.6 is 0 Å². The Hall–Kier alpha value is -0.0800. The van der Waals surface area contributed by atoms with Crippen molar-refractivity contribution in [3.63, 3.8) is 0 Å². The molecule has 2 aliphatic rings. The van der Waals surface area contributed by atoms with Gasteiger partial charge in [-0.25, -0.2) is 0 Å². The molecule has 3 atom stereocenters. The van der Waals surface area contributed by atoms with E-state index < -0.39 is 0 Å². The van der Waals surface area contributed by atoms with Gasteiger partial charge in [0.1, 0.15) is 0 Å². The lowest BCUT2D eigenvalue weighted by Gasteiger charge is -2.32. The molecular weight excluding hydrogens is 198 g/mol. The van der Waals surface area contributed by atoms with Crippen molar-refractivity contribution in [3.8, 4) is 0 Å². The first-order valence-corrected chi connectivity index (χ1v) is 7.08. The zero-order chi connectivity index (χ0) is 11.4. The standard InChI is InChI=1S/C14H27NO/c1-11(2)15-9-12-5-3-7-14(12)13-6-4-8-16-10-13/h11-15H,3-10H2,1-2H3. The highest BCUT2D eigenvalue weighted by molar-refractivity contribution is 4.85. The fourth-order valence-corrected chi connectivity index (χ4v) is 3.43. The molecule has 1 saturated heterocycles. The minimum atomic E-state index is 0.629. The second kappa shape index (κ2) is 6.02. The Morgan fingerprint density at radius 2 is 2.06 bits per heavy atom. The molecular formula is C14H27NO. The normalized spacial score (nSPS) is 35.8. The SMILES string of the molecule is CC(C)NCC1CCCC1C1CCCOC1. The van der Waals surface area contributed by atoms with Gasteiger partial charge in [-0.2, -0.15) is 0 Å². The van der Waals surface area contributed by atoms with Crippen LogP contribution in [0.25, 0.3) is 0 Å². The van der Waals surface area contributed by atoms with E-state index in [1.54, 1.807) is 0 Å². The first-order valence-electron chi connectivity index (χ1n) is 7.08. The van der Waals surface area contributed by atoms with Crippen molar-refractivity contribution < 1.29 is 4.74 Å². The Kier molecular flexibility index (Phi) is 4.66. The molecule has 0 aromatic heterocycles. The molecule has 2 nitrogen and oxygen atoms in total. The third kappa shape index (κ3) is 3.21. The zero-order valence-electron chi connectivity index (χ0n) is 10.9. The van der Waals surface area contributed by atoms with Gasteiger partial charge in [0.05, 0.1) is 0 Å². The smallest absolute Gasteiger partial charge is 0.0497 e. The fraction of sp³-hybridized carbons (Fsp3) is 1.00. The molecule has 0 aromatic carbocycles. The lowest BCUT2D eigenvalue weighted by Crippen LogP contribution is -2.35. The van der Waals surface area contributed by atoms with Crippen LogP contribution in [0.3, 0.4) is 0 Å². The molecule has 0 radical (unpaired) electrons. The average Bonchev–Trinajstić information content (AvgIpc) is 2.75. The van der Waals surface area contributed by atoms with E-state index in [0.29, 0.717) is 6.04 Å². The highest BCUT2D eigenvalue weighted by Gasteiger charge is 2.34. The largest absolute Gasteiger partial charge is 0.381 e. The lowest BCUT2D eigenvalue weighted by molar-refractivity contribution is 0.0219. The maximum atomic E-state index is 5.65. The second-order valence-electron chi connectivity index (χ2n) is 5.90. The molecule has 1 heterocycles. The molecule has 2 rings (SSSR count). The highest BCUT2D eigenvalue weighted by Crippen LogP contribution is 2.39. The summed E-state index contributed by atoms with van der Waals surface area (Å²) in [7, 11) is 0. The second-order valence-corrected chi connectivity index (χ2v) is 5.90. The van der Waals surface area contributed by atoms with E-state index in [9.17, 15) is 0 Å². The third-order valence-corrected chi connectivity index (χ3v) is 4.31. The molecule has 1 saturated carbocycles. The zero-order valence-corrected chi connectivity index (χ0v) is 10.9. The van der Waals surface area contributed by atoms with E-state index in [0.717, 1.165) is 31.0 Å². The van der Waals surface area contributed by atoms with Gasteiger partial charge in [0.2, 0.25) is 0 Å². The van der Waals surface area contributed by atoms with Crippen molar-refractivity contribution >= 4 is 0 Å². The molecule has 0 bridgehead atoms.